The van der Waals surface area contributed by atoms with Crippen LogP contribution in [0.5, 0.6) is 0 Å². The first-order valence-corrected chi connectivity index (χ1v) is 8.23. The highest BCUT2D eigenvalue weighted by molar-refractivity contribution is 5.68. The molecule has 0 saturated carbocycles. The van der Waals surface area contributed by atoms with Crippen molar-refractivity contribution in [2.24, 2.45) is 0 Å². The van der Waals surface area contributed by atoms with Gasteiger partial charge in [0, 0.05) is 44.8 Å². The van der Waals surface area contributed by atoms with Gasteiger partial charge < -0.3 is 9.64 Å². The van der Waals surface area contributed by atoms with Gasteiger partial charge in [-0.1, -0.05) is 0 Å². The van der Waals surface area contributed by atoms with Crippen molar-refractivity contribution in [2.75, 3.05) is 20.1 Å². The second-order valence-corrected chi connectivity index (χ2v) is 7.16. The molecule has 0 spiro atoms. The monoisotopic (exact) mass is 320 g/mol. The fourth-order valence-electron chi connectivity index (χ4n) is 2.86. The Hall–Kier alpha value is -1.69. The zero-order valence-electron chi connectivity index (χ0n) is 14.8. The average Bonchev–Trinajstić information content (AvgIpc) is 2.53. The number of amides is 1. The predicted molar refractivity (Wildman–Crippen MR) is 89.0 cm³/mol. The maximum atomic E-state index is 12.2. The number of carbonyl (C=O) groups is 1. The summed E-state index contributed by atoms with van der Waals surface area (Å²) in [6, 6.07) is 0.478. The number of carbonyl (C=O) groups excluding carboxylic acids is 1. The number of rotatable bonds is 3. The summed E-state index contributed by atoms with van der Waals surface area (Å²) < 4.78 is 5.45. The molecule has 1 fully saturated rings. The maximum Gasteiger partial charge on any atom is 0.410 e. The van der Waals surface area contributed by atoms with Crippen LogP contribution in [0.4, 0.5) is 4.79 Å². The SMILES string of the molecule is C[C@@H](c1cnccn1)N1CCC(N(C)C(=O)OC(C)(C)C)CC1. The quantitative estimate of drug-likeness (QED) is 0.857. The molecular weight excluding hydrogens is 292 g/mol. The van der Waals surface area contributed by atoms with Crippen LogP contribution in [-0.4, -0.2) is 57.6 Å². The fraction of sp³-hybridized carbons (Fsp3) is 0.706. The van der Waals surface area contributed by atoms with Crippen LogP contribution in [0.1, 0.15) is 52.3 Å². The van der Waals surface area contributed by atoms with Gasteiger partial charge >= 0.3 is 6.09 Å². The Labute approximate surface area is 138 Å². The lowest BCUT2D eigenvalue weighted by atomic mass is 10.0. The molecule has 1 atom stereocenters. The normalized spacial score (nSPS) is 18.5. The first-order chi connectivity index (χ1) is 10.8. The van der Waals surface area contributed by atoms with Crippen molar-refractivity contribution in [3.63, 3.8) is 0 Å². The Morgan fingerprint density at radius 1 is 1.35 bits per heavy atom. The first kappa shape index (κ1) is 17.7. The number of hydrogen-bond donors (Lipinski definition) is 0. The Morgan fingerprint density at radius 2 is 2.00 bits per heavy atom. The molecule has 0 radical (unpaired) electrons. The van der Waals surface area contributed by atoms with Gasteiger partial charge in [0.05, 0.1) is 11.7 Å². The first-order valence-electron chi connectivity index (χ1n) is 8.23. The summed E-state index contributed by atoms with van der Waals surface area (Å²) in [6.45, 7) is 9.71. The van der Waals surface area contributed by atoms with E-state index in [1.54, 1.807) is 17.3 Å². The molecule has 1 aromatic rings. The Morgan fingerprint density at radius 3 is 2.52 bits per heavy atom. The van der Waals surface area contributed by atoms with Crippen LogP contribution < -0.4 is 0 Å². The van der Waals surface area contributed by atoms with Gasteiger partial charge in [-0.2, -0.15) is 0 Å². The zero-order chi connectivity index (χ0) is 17.0. The Bertz CT molecular complexity index is 507. The van der Waals surface area contributed by atoms with Crippen LogP contribution in [0.15, 0.2) is 18.6 Å². The van der Waals surface area contributed by atoms with Gasteiger partial charge in [0.25, 0.3) is 0 Å². The van der Waals surface area contributed by atoms with Crippen LogP contribution in [0.3, 0.4) is 0 Å². The van der Waals surface area contributed by atoms with Gasteiger partial charge in [0.15, 0.2) is 0 Å². The second-order valence-electron chi connectivity index (χ2n) is 7.16. The third-order valence-electron chi connectivity index (χ3n) is 4.29. The van der Waals surface area contributed by atoms with E-state index in [1.807, 2.05) is 34.0 Å². The average molecular weight is 320 g/mol. The summed E-state index contributed by atoms with van der Waals surface area (Å²) in [5.74, 6) is 0. The van der Waals surface area contributed by atoms with Crippen molar-refractivity contribution < 1.29 is 9.53 Å². The molecular formula is C17H28N4O2. The molecule has 1 aliphatic heterocycles. The Kier molecular flexibility index (Phi) is 5.57. The smallest absolute Gasteiger partial charge is 0.410 e. The predicted octanol–water partition coefficient (Wildman–Crippen LogP) is 2.87. The molecule has 128 valence electrons. The molecule has 0 unspecified atom stereocenters. The summed E-state index contributed by atoms with van der Waals surface area (Å²) in [7, 11) is 1.83. The standard InChI is InChI=1S/C17H28N4O2/c1-13(15-12-18-8-9-19-15)21-10-6-14(7-11-21)20(5)16(22)23-17(2,3)4/h8-9,12-14H,6-7,10-11H2,1-5H3/t13-/m0/s1. The molecule has 6 nitrogen and oxygen atoms in total. The minimum atomic E-state index is -0.452. The third-order valence-corrected chi connectivity index (χ3v) is 4.29. The summed E-state index contributed by atoms with van der Waals surface area (Å²) in [6.07, 6.45) is 6.90. The van der Waals surface area contributed by atoms with E-state index >= 15 is 0 Å². The molecule has 0 aromatic carbocycles. The summed E-state index contributed by atoms with van der Waals surface area (Å²) >= 11 is 0. The van der Waals surface area contributed by atoms with Gasteiger partial charge in [-0.15, -0.1) is 0 Å². The van der Waals surface area contributed by atoms with Crippen molar-refractivity contribution in [1.29, 1.82) is 0 Å². The molecule has 0 N–H and O–H groups in total. The van der Waals surface area contributed by atoms with Crippen molar-refractivity contribution in [3.05, 3.63) is 24.3 Å². The minimum absolute atomic E-state index is 0.232. The molecule has 1 aromatic heterocycles. The molecule has 1 saturated heterocycles. The summed E-state index contributed by atoms with van der Waals surface area (Å²) in [5.41, 5.74) is 0.540. The topological polar surface area (TPSA) is 58.6 Å². The van der Waals surface area contributed by atoms with Crippen molar-refractivity contribution in [2.45, 2.75) is 58.2 Å². The van der Waals surface area contributed by atoms with E-state index in [1.165, 1.54) is 0 Å². The van der Waals surface area contributed by atoms with Gasteiger partial charge in [0.2, 0.25) is 0 Å². The second kappa shape index (κ2) is 7.25. The molecule has 23 heavy (non-hydrogen) atoms. The molecule has 6 heteroatoms. The highest BCUT2D eigenvalue weighted by Crippen LogP contribution is 2.24. The number of hydrogen-bond acceptors (Lipinski definition) is 5. The highest BCUT2D eigenvalue weighted by Gasteiger charge is 2.30. The number of piperidine rings is 1. The summed E-state index contributed by atoms with van der Waals surface area (Å²) in [5, 5.41) is 0. The van der Waals surface area contributed by atoms with E-state index in [4.69, 9.17) is 4.74 Å². The van der Waals surface area contributed by atoms with Gasteiger partial charge in [-0.05, 0) is 40.5 Å². The largest absolute Gasteiger partial charge is 0.444 e. The molecule has 0 aliphatic carbocycles. The highest BCUT2D eigenvalue weighted by atomic mass is 16.6. The lowest BCUT2D eigenvalue weighted by Crippen LogP contribution is -2.47. The zero-order valence-corrected chi connectivity index (χ0v) is 14.8. The third kappa shape index (κ3) is 4.89. The lowest BCUT2D eigenvalue weighted by molar-refractivity contribution is 0.0132. The number of nitrogens with zero attached hydrogens (tertiary/aromatic N) is 4. The molecule has 2 heterocycles. The van der Waals surface area contributed by atoms with E-state index in [-0.39, 0.29) is 18.2 Å². The van der Waals surface area contributed by atoms with E-state index < -0.39 is 5.60 Å². The molecule has 1 amide bonds. The summed E-state index contributed by atoms with van der Waals surface area (Å²) in [4.78, 5) is 24.8. The van der Waals surface area contributed by atoms with E-state index in [9.17, 15) is 4.79 Å². The van der Waals surface area contributed by atoms with Crippen molar-refractivity contribution >= 4 is 6.09 Å². The fourth-order valence-corrected chi connectivity index (χ4v) is 2.86. The van der Waals surface area contributed by atoms with Crippen molar-refractivity contribution in [1.82, 2.24) is 19.8 Å². The number of ether oxygens (including phenoxy) is 1. The van der Waals surface area contributed by atoms with Crippen LogP contribution >= 0.6 is 0 Å². The van der Waals surface area contributed by atoms with Gasteiger partial charge in [-0.3, -0.25) is 14.9 Å². The number of likely N-dealkylation sites (tertiary alicyclic amines) is 1. The molecule has 1 aliphatic rings. The van der Waals surface area contributed by atoms with Crippen LogP contribution in [0.2, 0.25) is 0 Å². The van der Waals surface area contributed by atoms with Gasteiger partial charge in [-0.25, -0.2) is 4.79 Å². The number of aromatic nitrogens is 2. The lowest BCUT2D eigenvalue weighted by Gasteiger charge is -2.39. The van der Waals surface area contributed by atoms with Crippen LogP contribution in [-0.2, 0) is 4.74 Å². The Balaban J connectivity index is 1.87. The maximum absolute atomic E-state index is 12.2. The van der Waals surface area contributed by atoms with Crippen molar-refractivity contribution in [3.8, 4) is 0 Å². The van der Waals surface area contributed by atoms with Crippen LogP contribution in [0, 0.1) is 0 Å². The van der Waals surface area contributed by atoms with Crippen LogP contribution in [0.25, 0.3) is 0 Å². The van der Waals surface area contributed by atoms with E-state index in [0.717, 1.165) is 31.6 Å². The van der Waals surface area contributed by atoms with Gasteiger partial charge in [0.1, 0.15) is 5.60 Å². The molecule has 2 rings (SSSR count). The van der Waals surface area contributed by atoms with E-state index in [2.05, 4.69) is 21.8 Å². The van der Waals surface area contributed by atoms with E-state index in [0.29, 0.717) is 0 Å². The minimum Gasteiger partial charge on any atom is -0.444 e. The molecule has 0 bridgehead atoms.